The highest BCUT2D eigenvalue weighted by molar-refractivity contribution is 5.79. The highest BCUT2D eigenvalue weighted by atomic mass is 16.2. The SMILES string of the molecule is CC(C)C(C)(C#N)NC(=O)CN1CC2CNCC2C1. The zero-order chi connectivity index (χ0) is 14.0. The smallest absolute Gasteiger partial charge is 0.235 e. The largest absolute Gasteiger partial charge is 0.337 e. The molecule has 2 rings (SSSR count). The normalized spacial score (nSPS) is 29.8. The Kier molecular flexibility index (Phi) is 4.12. The van der Waals surface area contributed by atoms with Crippen molar-refractivity contribution in [2.75, 3.05) is 32.7 Å². The number of nitrogens with one attached hydrogen (secondary N) is 2. The monoisotopic (exact) mass is 264 g/mol. The second-order valence-electron chi connectivity index (χ2n) is 6.39. The summed E-state index contributed by atoms with van der Waals surface area (Å²) in [6, 6.07) is 2.21. The highest BCUT2D eigenvalue weighted by Crippen LogP contribution is 2.25. The molecule has 106 valence electrons. The fourth-order valence-electron chi connectivity index (χ4n) is 2.92. The summed E-state index contributed by atoms with van der Waals surface area (Å²) in [6.45, 7) is 10.3. The molecule has 0 radical (unpaired) electrons. The molecular weight excluding hydrogens is 240 g/mol. The lowest BCUT2D eigenvalue weighted by Gasteiger charge is -2.28. The molecule has 2 aliphatic heterocycles. The third-order valence-corrected chi connectivity index (χ3v) is 4.62. The summed E-state index contributed by atoms with van der Waals surface area (Å²) in [7, 11) is 0. The van der Waals surface area contributed by atoms with E-state index in [0.717, 1.165) is 26.2 Å². The number of amides is 1. The van der Waals surface area contributed by atoms with E-state index in [0.29, 0.717) is 18.4 Å². The first-order valence-corrected chi connectivity index (χ1v) is 7.10. The number of nitriles is 1. The summed E-state index contributed by atoms with van der Waals surface area (Å²) in [5, 5.41) is 15.5. The zero-order valence-electron chi connectivity index (χ0n) is 12.1. The second-order valence-corrected chi connectivity index (χ2v) is 6.39. The standard InChI is InChI=1S/C14H24N4O/c1-10(2)14(3,9-15)17-13(19)8-18-6-11-4-16-5-12(11)7-18/h10-12,16H,4-8H2,1-3H3,(H,17,19). The third-order valence-electron chi connectivity index (χ3n) is 4.62. The third kappa shape index (κ3) is 3.07. The number of fused-ring (bicyclic) bond motifs is 1. The van der Waals surface area contributed by atoms with Crippen molar-refractivity contribution in [3.8, 4) is 6.07 Å². The van der Waals surface area contributed by atoms with Gasteiger partial charge in [0.05, 0.1) is 12.6 Å². The molecule has 0 saturated carbocycles. The van der Waals surface area contributed by atoms with Crippen LogP contribution in [-0.2, 0) is 4.79 Å². The minimum absolute atomic E-state index is 0.0364. The Bertz CT molecular complexity index is 377. The van der Waals surface area contributed by atoms with Gasteiger partial charge >= 0.3 is 0 Å². The molecule has 1 amide bonds. The Morgan fingerprint density at radius 1 is 1.47 bits per heavy atom. The van der Waals surface area contributed by atoms with Crippen LogP contribution in [0.25, 0.3) is 0 Å². The van der Waals surface area contributed by atoms with Gasteiger partial charge in [0, 0.05) is 13.1 Å². The molecule has 0 aromatic carbocycles. The van der Waals surface area contributed by atoms with Crippen molar-refractivity contribution in [3.63, 3.8) is 0 Å². The molecule has 5 heteroatoms. The summed E-state index contributed by atoms with van der Waals surface area (Å²) >= 11 is 0. The molecule has 2 saturated heterocycles. The van der Waals surface area contributed by atoms with Crippen molar-refractivity contribution in [1.82, 2.24) is 15.5 Å². The first-order chi connectivity index (χ1) is 8.94. The molecule has 19 heavy (non-hydrogen) atoms. The van der Waals surface area contributed by atoms with E-state index in [-0.39, 0.29) is 11.8 Å². The molecule has 0 aromatic rings. The number of carbonyl (C=O) groups is 1. The van der Waals surface area contributed by atoms with Crippen LogP contribution in [0.2, 0.25) is 0 Å². The molecule has 2 N–H and O–H groups in total. The predicted octanol–water partition coefficient (Wildman–Crippen LogP) is 0.192. The fourth-order valence-corrected chi connectivity index (χ4v) is 2.92. The van der Waals surface area contributed by atoms with Crippen LogP contribution in [0.1, 0.15) is 20.8 Å². The maximum atomic E-state index is 12.1. The molecule has 2 fully saturated rings. The van der Waals surface area contributed by atoms with Gasteiger partial charge in [0.1, 0.15) is 5.54 Å². The van der Waals surface area contributed by atoms with Crippen molar-refractivity contribution in [3.05, 3.63) is 0 Å². The van der Waals surface area contributed by atoms with Gasteiger partial charge in [0.2, 0.25) is 5.91 Å². The number of likely N-dealkylation sites (tertiary alicyclic amines) is 1. The van der Waals surface area contributed by atoms with Crippen molar-refractivity contribution in [2.45, 2.75) is 26.3 Å². The lowest BCUT2D eigenvalue weighted by molar-refractivity contribution is -0.123. The molecular formula is C14H24N4O. The lowest BCUT2D eigenvalue weighted by Crippen LogP contribution is -2.51. The van der Waals surface area contributed by atoms with Gasteiger partial charge in [-0.2, -0.15) is 5.26 Å². The van der Waals surface area contributed by atoms with E-state index in [2.05, 4.69) is 21.6 Å². The highest BCUT2D eigenvalue weighted by Gasteiger charge is 2.37. The average molecular weight is 264 g/mol. The van der Waals surface area contributed by atoms with Gasteiger partial charge < -0.3 is 10.6 Å². The topological polar surface area (TPSA) is 68.2 Å². The maximum Gasteiger partial charge on any atom is 0.235 e. The first-order valence-electron chi connectivity index (χ1n) is 7.10. The molecule has 3 unspecified atom stereocenters. The van der Waals surface area contributed by atoms with Gasteiger partial charge in [-0.05, 0) is 37.8 Å². The van der Waals surface area contributed by atoms with Crippen molar-refractivity contribution in [2.24, 2.45) is 17.8 Å². The molecule has 0 aromatic heterocycles. The Labute approximate surface area is 115 Å². The summed E-state index contributed by atoms with van der Waals surface area (Å²) in [4.78, 5) is 14.3. The Balaban J connectivity index is 1.84. The first kappa shape index (κ1) is 14.3. The van der Waals surface area contributed by atoms with E-state index < -0.39 is 5.54 Å². The van der Waals surface area contributed by atoms with Crippen LogP contribution in [0.4, 0.5) is 0 Å². The van der Waals surface area contributed by atoms with Crippen LogP contribution in [0, 0.1) is 29.1 Å². The Morgan fingerprint density at radius 2 is 2.05 bits per heavy atom. The number of carbonyl (C=O) groups excluding carboxylic acids is 1. The summed E-state index contributed by atoms with van der Waals surface area (Å²) in [5.74, 6) is 1.45. The summed E-state index contributed by atoms with van der Waals surface area (Å²) < 4.78 is 0. The van der Waals surface area contributed by atoms with Crippen LogP contribution in [-0.4, -0.2) is 49.1 Å². The van der Waals surface area contributed by atoms with Crippen molar-refractivity contribution >= 4 is 5.91 Å². The van der Waals surface area contributed by atoms with Crippen LogP contribution >= 0.6 is 0 Å². The molecule has 0 aliphatic carbocycles. The van der Waals surface area contributed by atoms with Gasteiger partial charge in [-0.15, -0.1) is 0 Å². The van der Waals surface area contributed by atoms with Gasteiger partial charge in [0.25, 0.3) is 0 Å². The van der Waals surface area contributed by atoms with Gasteiger partial charge in [-0.25, -0.2) is 0 Å². The minimum atomic E-state index is -0.770. The minimum Gasteiger partial charge on any atom is -0.337 e. The van der Waals surface area contributed by atoms with Crippen LogP contribution in [0.5, 0.6) is 0 Å². The van der Waals surface area contributed by atoms with E-state index in [1.54, 1.807) is 6.92 Å². The predicted molar refractivity (Wildman–Crippen MR) is 73.3 cm³/mol. The summed E-state index contributed by atoms with van der Waals surface area (Å²) in [5.41, 5.74) is -0.770. The maximum absolute atomic E-state index is 12.1. The molecule has 2 heterocycles. The Morgan fingerprint density at radius 3 is 2.53 bits per heavy atom. The van der Waals surface area contributed by atoms with E-state index in [1.807, 2.05) is 13.8 Å². The van der Waals surface area contributed by atoms with E-state index >= 15 is 0 Å². The van der Waals surface area contributed by atoms with E-state index in [9.17, 15) is 10.1 Å². The number of rotatable bonds is 4. The quantitative estimate of drug-likeness (QED) is 0.761. The van der Waals surface area contributed by atoms with Crippen LogP contribution in [0.15, 0.2) is 0 Å². The lowest BCUT2D eigenvalue weighted by atomic mass is 9.90. The van der Waals surface area contributed by atoms with Crippen LogP contribution in [0.3, 0.4) is 0 Å². The molecule has 2 aliphatic rings. The fraction of sp³-hybridized carbons (Fsp3) is 0.857. The number of hydrogen-bond acceptors (Lipinski definition) is 4. The molecule has 0 spiro atoms. The van der Waals surface area contributed by atoms with Gasteiger partial charge in [-0.3, -0.25) is 9.69 Å². The van der Waals surface area contributed by atoms with Crippen molar-refractivity contribution in [1.29, 1.82) is 5.26 Å². The molecule has 5 nitrogen and oxygen atoms in total. The Hall–Kier alpha value is -1.12. The number of nitrogens with zero attached hydrogens (tertiary/aromatic N) is 2. The molecule has 0 bridgehead atoms. The average Bonchev–Trinajstić information content (AvgIpc) is 2.88. The zero-order valence-corrected chi connectivity index (χ0v) is 12.1. The number of hydrogen-bond donors (Lipinski definition) is 2. The molecule has 3 atom stereocenters. The van der Waals surface area contributed by atoms with E-state index in [1.165, 1.54) is 0 Å². The van der Waals surface area contributed by atoms with E-state index in [4.69, 9.17) is 0 Å². The van der Waals surface area contributed by atoms with Gasteiger partial charge in [-0.1, -0.05) is 13.8 Å². The van der Waals surface area contributed by atoms with Crippen LogP contribution < -0.4 is 10.6 Å². The summed E-state index contributed by atoms with van der Waals surface area (Å²) in [6.07, 6.45) is 0. The van der Waals surface area contributed by atoms with Gasteiger partial charge in [0.15, 0.2) is 0 Å². The van der Waals surface area contributed by atoms with Crippen molar-refractivity contribution < 1.29 is 4.79 Å². The second kappa shape index (κ2) is 5.48.